The van der Waals surface area contributed by atoms with Crippen molar-refractivity contribution in [2.24, 2.45) is 0 Å². The Bertz CT molecular complexity index is 261. The standard InChI is InChI=1S/C10H20N2O4.2ClH.Zn/c1-11(2,7-9(13)14)5-6-12(3,4)8-10(15)16;;;/h5-8H2,1-4H3;2*1H;. The zero-order valence-corrected chi connectivity index (χ0v) is 16.4. The van der Waals surface area contributed by atoms with Gasteiger partial charge in [0.2, 0.25) is 0 Å². The average molecular weight is 371 g/mol. The van der Waals surface area contributed by atoms with E-state index in [1.165, 1.54) is 0 Å². The topological polar surface area (TPSA) is 74.6 Å². The smallest absolute Gasteiger partial charge is 0.359 e. The molecule has 0 aliphatic rings. The van der Waals surface area contributed by atoms with Gasteiger partial charge >= 0.3 is 11.9 Å². The molecule has 0 amide bonds. The molecule has 9 heteroatoms. The molecule has 0 aromatic heterocycles. The van der Waals surface area contributed by atoms with Crippen LogP contribution in [0.25, 0.3) is 0 Å². The zero-order valence-electron chi connectivity index (χ0n) is 11.9. The molecule has 19 heavy (non-hydrogen) atoms. The van der Waals surface area contributed by atoms with Gasteiger partial charge in [0.25, 0.3) is 0 Å². The molecule has 112 valence electrons. The van der Waals surface area contributed by atoms with Crippen molar-refractivity contribution in [3.05, 3.63) is 0 Å². The Morgan fingerprint density at radius 1 is 0.789 bits per heavy atom. The van der Waals surface area contributed by atoms with E-state index >= 15 is 0 Å². The van der Waals surface area contributed by atoms with Crippen molar-refractivity contribution in [2.75, 3.05) is 54.4 Å². The van der Waals surface area contributed by atoms with Gasteiger partial charge in [0.05, 0.1) is 28.2 Å². The van der Waals surface area contributed by atoms with Crippen molar-refractivity contribution in [3.63, 3.8) is 0 Å². The molecule has 0 spiro atoms. The predicted molar refractivity (Wildman–Crippen MR) is 59.0 cm³/mol. The largest absolute Gasteiger partial charge is 1.00 e. The van der Waals surface area contributed by atoms with E-state index in [0.717, 1.165) is 0 Å². The molecule has 0 rings (SSSR count). The molecular weight excluding hydrogens is 348 g/mol. The minimum Gasteiger partial charge on any atom is -1.00 e. The summed E-state index contributed by atoms with van der Waals surface area (Å²) < 4.78 is 0.716. The minimum atomic E-state index is -0.839. The number of carboxylic acids is 2. The van der Waals surface area contributed by atoms with Gasteiger partial charge in [-0.2, -0.15) is 0 Å². The van der Waals surface area contributed by atoms with Crippen molar-refractivity contribution in [3.8, 4) is 0 Å². The minimum absolute atomic E-state index is 0. The maximum atomic E-state index is 10.6. The third-order valence-corrected chi connectivity index (χ3v) is 2.44. The Morgan fingerprint density at radius 2 is 1.00 bits per heavy atom. The summed E-state index contributed by atoms with van der Waals surface area (Å²) in [5.74, 6) is -1.68. The molecule has 6 nitrogen and oxygen atoms in total. The maximum absolute atomic E-state index is 10.6. The van der Waals surface area contributed by atoms with Gasteiger partial charge in [-0.3, -0.25) is 0 Å². The first kappa shape index (κ1) is 27.4. The van der Waals surface area contributed by atoms with Crippen molar-refractivity contribution < 1.29 is 73.1 Å². The number of likely N-dealkylation sites (N-methyl/N-ethyl adjacent to an activating group) is 2. The zero-order chi connectivity index (χ0) is 13.0. The second-order valence-corrected chi connectivity index (χ2v) is 5.42. The molecular formula is C10H22Cl2N2O4Zn. The van der Waals surface area contributed by atoms with Crippen LogP contribution in [0.5, 0.6) is 0 Å². The number of rotatable bonds is 7. The van der Waals surface area contributed by atoms with Crippen molar-refractivity contribution >= 4 is 11.9 Å². The molecule has 0 atom stereocenters. The van der Waals surface area contributed by atoms with E-state index in [0.29, 0.717) is 22.1 Å². The fraction of sp³-hybridized carbons (Fsp3) is 0.800. The van der Waals surface area contributed by atoms with E-state index in [-0.39, 0.29) is 57.4 Å². The van der Waals surface area contributed by atoms with Crippen LogP contribution in [0.2, 0.25) is 0 Å². The van der Waals surface area contributed by atoms with Crippen LogP contribution in [0.1, 0.15) is 0 Å². The average Bonchev–Trinajstić information content (AvgIpc) is 1.96. The van der Waals surface area contributed by atoms with Gasteiger partial charge in [0, 0.05) is 19.5 Å². The van der Waals surface area contributed by atoms with Crippen LogP contribution in [0, 0.1) is 0 Å². The first-order chi connectivity index (χ1) is 7.04. The van der Waals surface area contributed by atoms with Gasteiger partial charge in [0.15, 0.2) is 13.1 Å². The number of halogens is 2. The number of quaternary nitrogens is 2. The van der Waals surface area contributed by atoms with Crippen LogP contribution in [-0.4, -0.2) is 85.5 Å². The van der Waals surface area contributed by atoms with Crippen molar-refractivity contribution in [1.29, 1.82) is 0 Å². The van der Waals surface area contributed by atoms with Gasteiger partial charge in [-0.25, -0.2) is 9.59 Å². The molecule has 0 saturated heterocycles. The second-order valence-electron chi connectivity index (χ2n) is 5.42. The predicted octanol–water partition coefficient (Wildman–Crippen LogP) is -6.69. The Balaban J connectivity index is -0.000000375. The summed E-state index contributed by atoms with van der Waals surface area (Å²) in [7, 11) is 7.31. The Kier molecular flexibility index (Phi) is 15.6. The fourth-order valence-corrected chi connectivity index (χ4v) is 1.43. The molecule has 0 aromatic carbocycles. The molecule has 0 heterocycles. The molecule has 0 bridgehead atoms. The van der Waals surface area contributed by atoms with Crippen LogP contribution in [0.4, 0.5) is 0 Å². The molecule has 0 aromatic rings. The van der Waals surface area contributed by atoms with E-state index < -0.39 is 11.9 Å². The summed E-state index contributed by atoms with van der Waals surface area (Å²) in [6.07, 6.45) is 0. The number of carboxylic acid groups (broad SMARTS) is 2. The van der Waals surface area contributed by atoms with Crippen molar-refractivity contribution in [1.82, 2.24) is 0 Å². The summed E-state index contributed by atoms with van der Waals surface area (Å²) >= 11 is 0. The van der Waals surface area contributed by atoms with Crippen LogP contribution in [-0.2, 0) is 29.1 Å². The normalized spacial score (nSPS) is 10.5. The number of aliphatic carboxylic acids is 2. The van der Waals surface area contributed by atoms with E-state index in [9.17, 15) is 9.59 Å². The van der Waals surface area contributed by atoms with Gasteiger partial charge in [-0.1, -0.05) is 0 Å². The van der Waals surface area contributed by atoms with Crippen LogP contribution < -0.4 is 24.8 Å². The number of hydrogen-bond donors (Lipinski definition) is 2. The van der Waals surface area contributed by atoms with Gasteiger partial charge in [-0.05, 0) is 0 Å². The Morgan fingerprint density at radius 3 is 1.16 bits per heavy atom. The SMILES string of the molecule is C[N+](C)(CC[N+](C)(C)CC(=O)O)CC(=O)O.[Cl-].[Cl-].[Zn]. The number of carbonyl (C=O) groups is 2. The molecule has 0 fully saturated rings. The Labute approximate surface area is 139 Å². The van der Waals surface area contributed by atoms with Gasteiger partial charge in [-0.15, -0.1) is 0 Å². The van der Waals surface area contributed by atoms with Gasteiger partial charge < -0.3 is 44.0 Å². The van der Waals surface area contributed by atoms with E-state index in [2.05, 4.69) is 0 Å². The summed E-state index contributed by atoms with van der Waals surface area (Å²) in [5, 5.41) is 17.4. The van der Waals surface area contributed by atoms with E-state index in [1.54, 1.807) is 0 Å². The van der Waals surface area contributed by atoms with Crippen LogP contribution in [0.15, 0.2) is 0 Å². The summed E-state index contributed by atoms with van der Waals surface area (Å²) in [6, 6.07) is 0. The van der Waals surface area contributed by atoms with Crippen LogP contribution in [0.3, 0.4) is 0 Å². The maximum Gasteiger partial charge on any atom is 0.359 e. The third kappa shape index (κ3) is 16.0. The van der Waals surface area contributed by atoms with E-state index in [1.807, 2.05) is 28.2 Å². The Hall–Kier alpha value is 0.0634. The summed E-state index contributed by atoms with van der Waals surface area (Å²) in [5.41, 5.74) is 0. The van der Waals surface area contributed by atoms with Crippen LogP contribution >= 0.6 is 0 Å². The first-order valence-corrected chi connectivity index (χ1v) is 5.12. The first-order valence-electron chi connectivity index (χ1n) is 5.12. The van der Waals surface area contributed by atoms with E-state index in [4.69, 9.17) is 10.2 Å². The third-order valence-electron chi connectivity index (χ3n) is 2.44. The quantitative estimate of drug-likeness (QED) is 0.345. The molecule has 0 aliphatic heterocycles. The number of hydrogen-bond acceptors (Lipinski definition) is 2. The van der Waals surface area contributed by atoms with Gasteiger partial charge in [0.1, 0.15) is 13.1 Å². The molecule has 0 saturated carbocycles. The molecule has 0 unspecified atom stereocenters. The summed E-state index contributed by atoms with van der Waals surface area (Å²) in [4.78, 5) is 21.2. The fourth-order valence-electron chi connectivity index (χ4n) is 1.43. The monoisotopic (exact) mass is 368 g/mol. The van der Waals surface area contributed by atoms with Crippen molar-refractivity contribution in [2.45, 2.75) is 0 Å². The number of nitrogens with zero attached hydrogens (tertiary/aromatic N) is 2. The summed E-state index contributed by atoms with van der Waals surface area (Å²) in [6.45, 7) is 1.36. The molecule has 0 aliphatic carbocycles. The molecule has 2 N–H and O–H groups in total. The second kappa shape index (κ2) is 10.8. The molecule has 0 radical (unpaired) electrons.